The molecule has 1 atom stereocenters. The predicted octanol–water partition coefficient (Wildman–Crippen LogP) is 2.49. The Morgan fingerprint density at radius 3 is 2.76 bits per heavy atom. The van der Waals surface area contributed by atoms with Crippen molar-refractivity contribution in [3.05, 3.63) is 41.0 Å². The van der Waals surface area contributed by atoms with E-state index >= 15 is 0 Å². The van der Waals surface area contributed by atoms with Gasteiger partial charge in [-0.25, -0.2) is 0 Å². The zero-order chi connectivity index (χ0) is 17.7. The van der Waals surface area contributed by atoms with Crippen LogP contribution in [0.4, 0.5) is 8.78 Å². The van der Waals surface area contributed by atoms with Crippen molar-refractivity contribution in [2.24, 2.45) is 5.92 Å². The van der Waals surface area contributed by atoms with Crippen LogP contribution in [-0.4, -0.2) is 36.8 Å². The highest BCUT2D eigenvalue weighted by Gasteiger charge is 2.34. The summed E-state index contributed by atoms with van der Waals surface area (Å²) in [6, 6.07) is 4.79. The van der Waals surface area contributed by atoms with Crippen LogP contribution in [0.5, 0.6) is 0 Å². The molecule has 4 rings (SSSR count). The first-order valence-corrected chi connectivity index (χ1v) is 8.45. The van der Waals surface area contributed by atoms with Crippen LogP contribution in [0.15, 0.2) is 18.2 Å². The molecule has 1 amide bonds. The van der Waals surface area contributed by atoms with Crippen molar-refractivity contribution in [3.63, 3.8) is 0 Å². The fraction of sp³-hybridized carbons (Fsp3) is 0.529. The number of hydrogen-bond donors (Lipinski definition) is 1. The number of aromatic nitrogens is 3. The normalized spacial score (nSPS) is 18.5. The lowest BCUT2D eigenvalue weighted by atomic mass is 10.1. The van der Waals surface area contributed by atoms with E-state index in [-0.39, 0.29) is 11.6 Å². The Morgan fingerprint density at radius 1 is 1.32 bits per heavy atom. The minimum Gasteiger partial charge on any atom is -0.386 e. The van der Waals surface area contributed by atoms with Crippen LogP contribution in [-0.2, 0) is 13.1 Å². The topological polar surface area (TPSA) is 63.3 Å². The van der Waals surface area contributed by atoms with Crippen LogP contribution < -0.4 is 0 Å². The molecule has 0 saturated heterocycles. The van der Waals surface area contributed by atoms with E-state index in [0.717, 1.165) is 23.1 Å². The van der Waals surface area contributed by atoms with E-state index in [1.807, 2.05) is 6.07 Å². The number of carbonyl (C=O) groups excluding carboxylic acids is 1. The van der Waals surface area contributed by atoms with Crippen molar-refractivity contribution in [2.75, 3.05) is 6.54 Å². The maximum absolute atomic E-state index is 13.2. The molecule has 1 aliphatic heterocycles. The van der Waals surface area contributed by atoms with E-state index in [2.05, 4.69) is 5.10 Å². The molecule has 134 valence electrons. The summed E-state index contributed by atoms with van der Waals surface area (Å²) in [5.74, 6) is -0.128. The number of nitrogens with zero attached hydrogens (tertiary/aromatic N) is 4. The summed E-state index contributed by atoms with van der Waals surface area (Å²) in [4.78, 5) is 14.3. The molecule has 8 heteroatoms. The van der Waals surface area contributed by atoms with Crippen molar-refractivity contribution in [3.8, 4) is 0 Å². The Labute approximate surface area is 143 Å². The third-order valence-corrected chi connectivity index (χ3v) is 5.01. The number of carbonyl (C=O) groups is 1. The summed E-state index contributed by atoms with van der Waals surface area (Å²) in [5.41, 5.74) is 1.81. The van der Waals surface area contributed by atoms with Crippen LogP contribution in [0.3, 0.4) is 0 Å². The monoisotopic (exact) mass is 350 g/mol. The van der Waals surface area contributed by atoms with E-state index < -0.39 is 18.6 Å². The molecule has 3 heterocycles. The van der Waals surface area contributed by atoms with Gasteiger partial charge in [-0.15, -0.1) is 0 Å². The van der Waals surface area contributed by atoms with Crippen LogP contribution in [0.2, 0.25) is 0 Å². The van der Waals surface area contributed by atoms with Gasteiger partial charge in [-0.2, -0.15) is 13.9 Å². The van der Waals surface area contributed by atoms with Gasteiger partial charge in [-0.05, 0) is 43.9 Å². The zero-order valence-corrected chi connectivity index (χ0v) is 13.9. The van der Waals surface area contributed by atoms with E-state index in [1.165, 1.54) is 12.1 Å². The standard InChI is InChI=1S/C17H20F2N4O2/c1-10-2-5-14(23(10)17(18)19)16(25)21-6-7-22-12(9-21)8-13(20-22)15(24)11-3-4-11/h2,5,8,11,15,17,24H,3-4,6-7,9H2,1H3/t15-/m0/s1. The number of rotatable bonds is 4. The Hall–Kier alpha value is -2.22. The minimum atomic E-state index is -2.75. The van der Waals surface area contributed by atoms with E-state index in [1.54, 1.807) is 16.5 Å². The molecule has 0 bridgehead atoms. The molecule has 0 spiro atoms. The molecule has 1 N–H and O–H groups in total. The maximum atomic E-state index is 13.2. The number of fused-ring (bicyclic) bond motifs is 1. The second kappa shape index (κ2) is 5.94. The summed E-state index contributed by atoms with van der Waals surface area (Å²) in [5, 5.41) is 14.7. The number of amides is 1. The van der Waals surface area contributed by atoms with Gasteiger partial charge in [0.2, 0.25) is 0 Å². The lowest BCUT2D eigenvalue weighted by Gasteiger charge is -2.28. The molecule has 25 heavy (non-hydrogen) atoms. The molecule has 2 aliphatic rings. The van der Waals surface area contributed by atoms with Gasteiger partial charge in [-0.1, -0.05) is 0 Å². The highest BCUT2D eigenvalue weighted by atomic mass is 19.3. The average molecular weight is 350 g/mol. The van der Waals surface area contributed by atoms with Crippen LogP contribution in [0.25, 0.3) is 0 Å². The molecule has 0 unspecified atom stereocenters. The van der Waals surface area contributed by atoms with E-state index in [0.29, 0.717) is 31.0 Å². The Kier molecular flexibility index (Phi) is 3.87. The van der Waals surface area contributed by atoms with Crippen molar-refractivity contribution in [2.45, 2.75) is 45.5 Å². The Balaban J connectivity index is 1.55. The summed E-state index contributed by atoms with van der Waals surface area (Å²) < 4.78 is 29.0. The van der Waals surface area contributed by atoms with Gasteiger partial charge in [0, 0.05) is 12.2 Å². The Bertz CT molecular complexity index is 810. The van der Waals surface area contributed by atoms with Crippen LogP contribution in [0, 0.1) is 12.8 Å². The first kappa shape index (κ1) is 16.3. The summed E-state index contributed by atoms with van der Waals surface area (Å²) in [6.07, 6.45) is 1.47. The fourth-order valence-electron chi connectivity index (χ4n) is 3.41. The SMILES string of the molecule is Cc1ccc(C(=O)N2CCn3nc([C@@H](O)C4CC4)cc3C2)n1C(F)F. The van der Waals surface area contributed by atoms with Crippen LogP contribution in [0.1, 0.15) is 53.1 Å². The minimum absolute atomic E-state index is 0.00120. The van der Waals surface area contributed by atoms with E-state index in [9.17, 15) is 18.7 Å². The predicted molar refractivity (Wildman–Crippen MR) is 85.1 cm³/mol. The molecular formula is C17H20F2N4O2. The third-order valence-electron chi connectivity index (χ3n) is 5.01. The van der Waals surface area contributed by atoms with Gasteiger partial charge >= 0.3 is 6.55 Å². The van der Waals surface area contributed by atoms with Gasteiger partial charge in [0.15, 0.2) is 0 Å². The summed E-state index contributed by atoms with van der Waals surface area (Å²) in [7, 11) is 0. The summed E-state index contributed by atoms with van der Waals surface area (Å²) >= 11 is 0. The van der Waals surface area contributed by atoms with Gasteiger partial charge < -0.3 is 10.0 Å². The highest BCUT2D eigenvalue weighted by molar-refractivity contribution is 5.93. The van der Waals surface area contributed by atoms with Crippen molar-refractivity contribution in [1.29, 1.82) is 0 Å². The number of alkyl halides is 2. The molecule has 1 fully saturated rings. The van der Waals surface area contributed by atoms with Gasteiger partial charge in [0.25, 0.3) is 5.91 Å². The molecule has 1 aliphatic carbocycles. The molecule has 2 aromatic heterocycles. The van der Waals surface area contributed by atoms with Gasteiger partial charge in [0.05, 0.1) is 24.5 Å². The van der Waals surface area contributed by atoms with Crippen molar-refractivity contribution in [1.82, 2.24) is 19.2 Å². The molecule has 0 radical (unpaired) electrons. The molecule has 6 nitrogen and oxygen atoms in total. The number of aliphatic hydroxyl groups is 1. The number of aliphatic hydroxyl groups excluding tert-OH is 1. The third kappa shape index (κ3) is 2.84. The number of halogens is 2. The lowest BCUT2D eigenvalue weighted by molar-refractivity contribution is 0.0528. The van der Waals surface area contributed by atoms with Crippen molar-refractivity contribution >= 4 is 5.91 Å². The quantitative estimate of drug-likeness (QED) is 0.921. The molecular weight excluding hydrogens is 330 g/mol. The summed E-state index contributed by atoms with van der Waals surface area (Å²) in [6.45, 7) is 0.00742. The Morgan fingerprint density at radius 2 is 2.08 bits per heavy atom. The highest BCUT2D eigenvalue weighted by Crippen LogP contribution is 2.40. The van der Waals surface area contributed by atoms with Gasteiger partial charge in [0.1, 0.15) is 11.8 Å². The average Bonchev–Trinajstić information content (AvgIpc) is 3.23. The van der Waals surface area contributed by atoms with E-state index in [4.69, 9.17) is 0 Å². The molecule has 2 aromatic rings. The molecule has 0 aromatic carbocycles. The van der Waals surface area contributed by atoms with Crippen molar-refractivity contribution < 1.29 is 18.7 Å². The molecule has 1 saturated carbocycles. The number of hydrogen-bond acceptors (Lipinski definition) is 3. The zero-order valence-electron chi connectivity index (χ0n) is 13.9. The lowest BCUT2D eigenvalue weighted by Crippen LogP contribution is -2.39. The first-order valence-electron chi connectivity index (χ1n) is 8.45. The smallest absolute Gasteiger partial charge is 0.319 e. The fourth-order valence-corrected chi connectivity index (χ4v) is 3.41. The second-order valence-electron chi connectivity index (χ2n) is 6.80. The van der Waals surface area contributed by atoms with Gasteiger partial charge in [-0.3, -0.25) is 14.0 Å². The first-order chi connectivity index (χ1) is 12.0. The second-order valence-corrected chi connectivity index (χ2v) is 6.80. The maximum Gasteiger partial charge on any atom is 0.319 e. The number of aryl methyl sites for hydroxylation is 1. The largest absolute Gasteiger partial charge is 0.386 e. The van der Waals surface area contributed by atoms with Crippen LogP contribution >= 0.6 is 0 Å².